The van der Waals surface area contributed by atoms with Gasteiger partial charge < -0.3 is 10.6 Å². The van der Waals surface area contributed by atoms with Crippen LogP contribution >= 0.6 is 0 Å². The first-order valence-electron chi connectivity index (χ1n) is 7.86. The molecule has 2 nitrogen and oxygen atoms in total. The van der Waals surface area contributed by atoms with Crippen molar-refractivity contribution in [2.75, 3.05) is 11.4 Å². The minimum Gasteiger partial charge on any atom is -0.368 e. The molecule has 0 amide bonds. The van der Waals surface area contributed by atoms with Gasteiger partial charge in [-0.3, -0.25) is 0 Å². The zero-order valence-corrected chi connectivity index (χ0v) is 13.0. The Labute approximate surface area is 122 Å². The van der Waals surface area contributed by atoms with Gasteiger partial charge in [0, 0.05) is 24.3 Å². The molecule has 1 fully saturated rings. The number of nitrogens with zero attached hydrogens (tertiary/aromatic N) is 1. The molecule has 20 heavy (non-hydrogen) atoms. The van der Waals surface area contributed by atoms with Crippen molar-refractivity contribution in [1.82, 2.24) is 0 Å². The Morgan fingerprint density at radius 2 is 2.15 bits per heavy atom. The van der Waals surface area contributed by atoms with Crippen molar-refractivity contribution in [2.24, 2.45) is 5.73 Å². The standard InChI is InChI=1S/C17H27FN2/c1-4-7-14-8-5-6-9-20(14)17-10-12(2)16(18)11-15(17)13(3)19/h10-11,13-14H,4-9,19H2,1-3H3/t13-,14?/m0/s1. The third-order valence-corrected chi connectivity index (χ3v) is 4.36. The summed E-state index contributed by atoms with van der Waals surface area (Å²) in [4.78, 5) is 2.47. The van der Waals surface area contributed by atoms with E-state index in [-0.39, 0.29) is 11.9 Å². The van der Waals surface area contributed by atoms with Gasteiger partial charge in [-0.05, 0) is 62.8 Å². The minimum absolute atomic E-state index is 0.135. The van der Waals surface area contributed by atoms with Gasteiger partial charge in [0.05, 0.1) is 0 Å². The first-order valence-corrected chi connectivity index (χ1v) is 7.86. The highest BCUT2D eigenvalue weighted by Gasteiger charge is 2.25. The monoisotopic (exact) mass is 278 g/mol. The molecule has 0 radical (unpaired) electrons. The lowest BCUT2D eigenvalue weighted by Gasteiger charge is -2.39. The molecule has 3 heteroatoms. The van der Waals surface area contributed by atoms with Gasteiger partial charge in [0.15, 0.2) is 0 Å². The number of anilines is 1. The quantitative estimate of drug-likeness (QED) is 0.889. The van der Waals surface area contributed by atoms with Crippen molar-refractivity contribution in [2.45, 2.75) is 65.0 Å². The van der Waals surface area contributed by atoms with Gasteiger partial charge in [-0.15, -0.1) is 0 Å². The molecule has 1 saturated heterocycles. The summed E-state index contributed by atoms with van der Waals surface area (Å²) in [5, 5.41) is 0. The summed E-state index contributed by atoms with van der Waals surface area (Å²) in [6.45, 7) is 7.07. The molecule has 112 valence electrons. The van der Waals surface area contributed by atoms with Crippen LogP contribution in [0.4, 0.5) is 10.1 Å². The first kappa shape index (κ1) is 15.3. The smallest absolute Gasteiger partial charge is 0.126 e. The highest BCUT2D eigenvalue weighted by molar-refractivity contribution is 5.58. The molecular weight excluding hydrogens is 251 g/mol. The maximum absolute atomic E-state index is 13.9. The van der Waals surface area contributed by atoms with Gasteiger partial charge in [-0.25, -0.2) is 4.39 Å². The third-order valence-electron chi connectivity index (χ3n) is 4.36. The second-order valence-electron chi connectivity index (χ2n) is 6.08. The van der Waals surface area contributed by atoms with Crippen LogP contribution in [0.3, 0.4) is 0 Å². The Bertz CT molecular complexity index is 455. The molecule has 1 aliphatic heterocycles. The van der Waals surface area contributed by atoms with Gasteiger partial charge in [-0.2, -0.15) is 0 Å². The molecule has 0 aromatic heterocycles. The van der Waals surface area contributed by atoms with Crippen LogP contribution in [0.1, 0.15) is 63.1 Å². The fourth-order valence-electron chi connectivity index (χ4n) is 3.25. The molecule has 0 aliphatic carbocycles. The lowest BCUT2D eigenvalue weighted by Crippen LogP contribution is -2.40. The summed E-state index contributed by atoms with van der Waals surface area (Å²) in [6, 6.07) is 4.06. The van der Waals surface area contributed by atoms with Crippen LogP contribution in [-0.2, 0) is 0 Å². The van der Waals surface area contributed by atoms with Crippen LogP contribution in [0, 0.1) is 12.7 Å². The van der Waals surface area contributed by atoms with Gasteiger partial charge in [-0.1, -0.05) is 13.3 Å². The second-order valence-corrected chi connectivity index (χ2v) is 6.08. The zero-order chi connectivity index (χ0) is 14.7. The molecule has 2 N–H and O–H groups in total. The van der Waals surface area contributed by atoms with Crippen molar-refractivity contribution in [3.63, 3.8) is 0 Å². The molecule has 2 rings (SSSR count). The van der Waals surface area contributed by atoms with Crippen molar-refractivity contribution in [1.29, 1.82) is 0 Å². The largest absolute Gasteiger partial charge is 0.368 e. The minimum atomic E-state index is -0.148. The van der Waals surface area contributed by atoms with Crippen molar-refractivity contribution in [3.05, 3.63) is 29.1 Å². The summed E-state index contributed by atoms with van der Waals surface area (Å²) < 4.78 is 13.9. The predicted molar refractivity (Wildman–Crippen MR) is 83.6 cm³/mol. The maximum atomic E-state index is 13.9. The fourth-order valence-corrected chi connectivity index (χ4v) is 3.25. The van der Waals surface area contributed by atoms with E-state index in [1.54, 1.807) is 6.07 Å². The highest BCUT2D eigenvalue weighted by Crippen LogP contribution is 2.34. The Balaban J connectivity index is 2.40. The fraction of sp³-hybridized carbons (Fsp3) is 0.647. The molecule has 1 aromatic rings. The zero-order valence-electron chi connectivity index (χ0n) is 13.0. The number of piperidine rings is 1. The predicted octanol–water partition coefficient (Wildman–Crippen LogP) is 4.31. The van der Waals surface area contributed by atoms with E-state index in [1.807, 2.05) is 19.9 Å². The Morgan fingerprint density at radius 3 is 2.80 bits per heavy atom. The van der Waals surface area contributed by atoms with Crippen LogP contribution in [0.15, 0.2) is 12.1 Å². The van der Waals surface area contributed by atoms with Crippen LogP contribution in [-0.4, -0.2) is 12.6 Å². The SMILES string of the molecule is CCCC1CCCCN1c1cc(C)c(F)cc1[C@H](C)N. The number of hydrogen-bond donors (Lipinski definition) is 1. The lowest BCUT2D eigenvalue weighted by molar-refractivity contribution is 0.433. The normalized spacial score (nSPS) is 21.1. The first-order chi connectivity index (χ1) is 9.54. The topological polar surface area (TPSA) is 29.3 Å². The van der Waals surface area contributed by atoms with E-state index in [0.29, 0.717) is 11.6 Å². The van der Waals surface area contributed by atoms with Gasteiger partial charge in [0.2, 0.25) is 0 Å². The van der Waals surface area contributed by atoms with Gasteiger partial charge >= 0.3 is 0 Å². The number of rotatable bonds is 4. The molecule has 0 spiro atoms. The molecule has 1 unspecified atom stereocenters. The van der Waals surface area contributed by atoms with Crippen LogP contribution < -0.4 is 10.6 Å². The van der Waals surface area contributed by atoms with E-state index in [0.717, 1.165) is 17.8 Å². The summed E-state index contributed by atoms with van der Waals surface area (Å²) in [6.07, 6.45) is 6.15. The van der Waals surface area contributed by atoms with E-state index in [1.165, 1.54) is 32.1 Å². The van der Waals surface area contributed by atoms with E-state index in [4.69, 9.17) is 5.73 Å². The highest BCUT2D eigenvalue weighted by atomic mass is 19.1. The third kappa shape index (κ3) is 3.14. The Kier molecular flexibility index (Phi) is 5.03. The van der Waals surface area contributed by atoms with E-state index >= 15 is 0 Å². The number of nitrogens with two attached hydrogens (primary N) is 1. The van der Waals surface area contributed by atoms with E-state index in [9.17, 15) is 4.39 Å². The van der Waals surface area contributed by atoms with Crippen molar-refractivity contribution >= 4 is 5.69 Å². The number of benzene rings is 1. The summed E-state index contributed by atoms with van der Waals surface area (Å²) in [5.41, 5.74) is 8.87. The Morgan fingerprint density at radius 1 is 1.40 bits per heavy atom. The molecule has 1 heterocycles. The average molecular weight is 278 g/mol. The van der Waals surface area contributed by atoms with Gasteiger partial charge in [0.25, 0.3) is 0 Å². The van der Waals surface area contributed by atoms with Crippen molar-refractivity contribution in [3.8, 4) is 0 Å². The van der Waals surface area contributed by atoms with Crippen LogP contribution in [0.5, 0.6) is 0 Å². The number of halogens is 1. The lowest BCUT2D eigenvalue weighted by atomic mass is 9.94. The summed E-state index contributed by atoms with van der Waals surface area (Å²) >= 11 is 0. The second kappa shape index (κ2) is 6.57. The number of hydrogen-bond acceptors (Lipinski definition) is 2. The van der Waals surface area contributed by atoms with Gasteiger partial charge in [0.1, 0.15) is 5.82 Å². The molecule has 2 atom stereocenters. The molecular formula is C17H27FN2. The van der Waals surface area contributed by atoms with Crippen LogP contribution in [0.25, 0.3) is 0 Å². The molecule has 0 bridgehead atoms. The maximum Gasteiger partial charge on any atom is 0.126 e. The Hall–Kier alpha value is -1.09. The van der Waals surface area contributed by atoms with Crippen molar-refractivity contribution < 1.29 is 4.39 Å². The number of aryl methyl sites for hydroxylation is 1. The molecule has 0 saturated carbocycles. The molecule has 1 aliphatic rings. The average Bonchev–Trinajstić information content (AvgIpc) is 2.42. The summed E-state index contributed by atoms with van der Waals surface area (Å²) in [5.74, 6) is -0.148. The van der Waals surface area contributed by atoms with E-state index < -0.39 is 0 Å². The van der Waals surface area contributed by atoms with Crippen LogP contribution in [0.2, 0.25) is 0 Å². The summed E-state index contributed by atoms with van der Waals surface area (Å²) in [7, 11) is 0. The molecule has 1 aromatic carbocycles. The van der Waals surface area contributed by atoms with E-state index in [2.05, 4.69) is 11.8 Å².